The van der Waals surface area contributed by atoms with E-state index < -0.39 is 0 Å². The molecule has 0 saturated heterocycles. The third-order valence-electron chi connectivity index (χ3n) is 5.61. The first kappa shape index (κ1) is 20.2. The molecule has 6 heteroatoms. The van der Waals surface area contributed by atoms with Gasteiger partial charge < -0.3 is 19.5 Å². The van der Waals surface area contributed by atoms with Crippen LogP contribution in [-0.2, 0) is 0 Å². The number of ether oxygens (including phenoxy) is 1. The zero-order chi connectivity index (χ0) is 19.9. The number of rotatable bonds is 7. The van der Waals surface area contributed by atoms with Crippen molar-refractivity contribution in [2.24, 2.45) is 0 Å². The Morgan fingerprint density at radius 1 is 1.18 bits per heavy atom. The van der Waals surface area contributed by atoms with Crippen molar-refractivity contribution < 1.29 is 9.53 Å². The minimum atomic E-state index is -0.108. The topological polar surface area (TPSA) is 65.6 Å². The Morgan fingerprint density at radius 2 is 1.96 bits per heavy atom. The number of amides is 2. The van der Waals surface area contributed by atoms with E-state index in [1.807, 2.05) is 42.0 Å². The molecule has 3 rings (SSSR count). The summed E-state index contributed by atoms with van der Waals surface area (Å²) in [6.45, 7) is 3.97. The fourth-order valence-electron chi connectivity index (χ4n) is 3.90. The second-order valence-corrected chi connectivity index (χ2v) is 7.54. The lowest BCUT2D eigenvalue weighted by Crippen LogP contribution is -2.47. The first-order valence-electron chi connectivity index (χ1n) is 10.4. The second kappa shape index (κ2) is 9.62. The van der Waals surface area contributed by atoms with Crippen LogP contribution in [0.2, 0.25) is 0 Å². The quantitative estimate of drug-likeness (QED) is 0.733. The van der Waals surface area contributed by atoms with Gasteiger partial charge in [0.1, 0.15) is 5.75 Å². The summed E-state index contributed by atoms with van der Waals surface area (Å²) in [5, 5.41) is 0.941. The predicted molar refractivity (Wildman–Crippen MR) is 112 cm³/mol. The minimum Gasteiger partial charge on any atom is -0.494 e. The van der Waals surface area contributed by atoms with Gasteiger partial charge in [-0.25, -0.2) is 4.79 Å². The van der Waals surface area contributed by atoms with Gasteiger partial charge in [-0.3, -0.25) is 4.79 Å². The van der Waals surface area contributed by atoms with Crippen LogP contribution in [0.25, 0.3) is 10.9 Å². The van der Waals surface area contributed by atoms with Crippen LogP contribution >= 0.6 is 0 Å². The first-order valence-corrected chi connectivity index (χ1v) is 10.4. The SMILES string of the molecule is CCN(CCCOc1ccc2[nH]c(=O)ccc2c1)C(=O)N(C)C1CCCCC1. The van der Waals surface area contributed by atoms with Crippen molar-refractivity contribution >= 4 is 16.9 Å². The normalized spacial score (nSPS) is 14.8. The van der Waals surface area contributed by atoms with E-state index in [4.69, 9.17) is 4.74 Å². The number of nitrogens with zero attached hydrogens (tertiary/aromatic N) is 2. The van der Waals surface area contributed by atoms with Gasteiger partial charge in [0.2, 0.25) is 5.56 Å². The van der Waals surface area contributed by atoms with Gasteiger partial charge in [-0.1, -0.05) is 19.3 Å². The summed E-state index contributed by atoms with van der Waals surface area (Å²) in [6, 6.07) is 9.45. The monoisotopic (exact) mass is 385 g/mol. The largest absolute Gasteiger partial charge is 0.494 e. The number of carbonyl (C=O) groups is 1. The van der Waals surface area contributed by atoms with Gasteiger partial charge in [-0.2, -0.15) is 0 Å². The molecule has 0 atom stereocenters. The van der Waals surface area contributed by atoms with Crippen LogP contribution < -0.4 is 10.3 Å². The smallest absolute Gasteiger partial charge is 0.319 e. The number of urea groups is 1. The van der Waals surface area contributed by atoms with Crippen LogP contribution in [0.5, 0.6) is 5.75 Å². The van der Waals surface area contributed by atoms with Gasteiger partial charge in [-0.05, 0) is 50.5 Å². The van der Waals surface area contributed by atoms with Crippen LogP contribution in [0.4, 0.5) is 4.79 Å². The lowest BCUT2D eigenvalue weighted by molar-refractivity contribution is 0.133. The Morgan fingerprint density at radius 3 is 2.71 bits per heavy atom. The van der Waals surface area contributed by atoms with Crippen LogP contribution in [0.3, 0.4) is 0 Å². The molecule has 1 N–H and O–H groups in total. The van der Waals surface area contributed by atoms with Crippen molar-refractivity contribution in [3.05, 3.63) is 40.7 Å². The number of aromatic amines is 1. The number of fused-ring (bicyclic) bond motifs is 1. The lowest BCUT2D eigenvalue weighted by Gasteiger charge is -2.35. The fraction of sp³-hybridized carbons (Fsp3) is 0.545. The number of nitrogens with one attached hydrogen (secondary N) is 1. The van der Waals surface area contributed by atoms with Crippen LogP contribution in [0, 0.1) is 0 Å². The van der Waals surface area contributed by atoms with Crippen molar-refractivity contribution in [3.63, 3.8) is 0 Å². The molecule has 0 bridgehead atoms. The molecule has 152 valence electrons. The zero-order valence-electron chi connectivity index (χ0n) is 16.9. The average molecular weight is 386 g/mol. The number of hydrogen-bond acceptors (Lipinski definition) is 3. The summed E-state index contributed by atoms with van der Waals surface area (Å²) in [5.74, 6) is 0.772. The van der Waals surface area contributed by atoms with Gasteiger partial charge >= 0.3 is 6.03 Å². The van der Waals surface area contributed by atoms with Crippen LogP contribution in [-0.4, -0.2) is 53.6 Å². The highest BCUT2D eigenvalue weighted by Gasteiger charge is 2.24. The number of hydrogen-bond donors (Lipinski definition) is 1. The molecule has 1 aliphatic rings. The van der Waals surface area contributed by atoms with E-state index in [0.29, 0.717) is 25.7 Å². The molecule has 2 aromatic rings. The van der Waals surface area contributed by atoms with Crippen LogP contribution in [0.15, 0.2) is 35.1 Å². The minimum absolute atomic E-state index is 0.108. The van der Waals surface area contributed by atoms with Gasteiger partial charge in [-0.15, -0.1) is 0 Å². The van der Waals surface area contributed by atoms with E-state index in [2.05, 4.69) is 4.98 Å². The Hall–Kier alpha value is -2.50. The highest BCUT2D eigenvalue weighted by molar-refractivity contribution is 5.79. The Kier molecular flexibility index (Phi) is 6.95. The number of carbonyl (C=O) groups excluding carboxylic acids is 1. The van der Waals surface area contributed by atoms with Gasteiger partial charge in [0.25, 0.3) is 0 Å². The average Bonchev–Trinajstić information content (AvgIpc) is 2.73. The maximum atomic E-state index is 12.8. The highest BCUT2D eigenvalue weighted by atomic mass is 16.5. The Labute approximate surface area is 166 Å². The van der Waals surface area contributed by atoms with Crippen molar-refractivity contribution in [3.8, 4) is 5.75 Å². The van der Waals surface area contributed by atoms with E-state index in [1.165, 1.54) is 25.3 Å². The van der Waals surface area contributed by atoms with Crippen molar-refractivity contribution in [1.29, 1.82) is 0 Å². The summed E-state index contributed by atoms with van der Waals surface area (Å²) >= 11 is 0. The van der Waals surface area contributed by atoms with E-state index in [0.717, 1.165) is 35.9 Å². The zero-order valence-corrected chi connectivity index (χ0v) is 16.9. The second-order valence-electron chi connectivity index (χ2n) is 7.54. The van der Waals surface area contributed by atoms with E-state index >= 15 is 0 Å². The molecule has 0 unspecified atom stereocenters. The Balaban J connectivity index is 1.48. The summed E-state index contributed by atoms with van der Waals surface area (Å²) in [5.41, 5.74) is 0.692. The summed E-state index contributed by atoms with van der Waals surface area (Å²) in [6.07, 6.45) is 6.76. The molecule has 1 aromatic carbocycles. The van der Waals surface area contributed by atoms with Gasteiger partial charge in [0.05, 0.1) is 6.61 Å². The summed E-state index contributed by atoms with van der Waals surface area (Å²) in [4.78, 5) is 30.8. The predicted octanol–water partition coefficient (Wildman–Crippen LogP) is 4.00. The molecule has 1 aromatic heterocycles. The molecular formula is C22H31N3O3. The number of H-pyrrole nitrogens is 1. The lowest BCUT2D eigenvalue weighted by atomic mass is 9.95. The van der Waals surface area contributed by atoms with Gasteiger partial charge in [0.15, 0.2) is 0 Å². The van der Waals surface area contributed by atoms with Crippen molar-refractivity contribution in [1.82, 2.24) is 14.8 Å². The molecule has 0 spiro atoms. The third-order valence-corrected chi connectivity index (χ3v) is 5.61. The molecular weight excluding hydrogens is 354 g/mol. The van der Waals surface area contributed by atoms with Crippen molar-refractivity contribution in [2.45, 2.75) is 51.5 Å². The van der Waals surface area contributed by atoms with E-state index in [1.54, 1.807) is 6.07 Å². The van der Waals surface area contributed by atoms with E-state index in [9.17, 15) is 9.59 Å². The summed E-state index contributed by atoms with van der Waals surface area (Å²) < 4.78 is 5.85. The molecule has 1 fully saturated rings. The molecule has 1 heterocycles. The molecule has 0 radical (unpaired) electrons. The number of benzene rings is 1. The molecule has 28 heavy (non-hydrogen) atoms. The van der Waals surface area contributed by atoms with E-state index in [-0.39, 0.29) is 11.6 Å². The summed E-state index contributed by atoms with van der Waals surface area (Å²) in [7, 11) is 1.94. The maximum Gasteiger partial charge on any atom is 0.319 e. The molecule has 1 saturated carbocycles. The molecule has 2 amide bonds. The third kappa shape index (κ3) is 5.06. The Bertz CT molecular complexity index is 842. The maximum absolute atomic E-state index is 12.8. The molecule has 6 nitrogen and oxygen atoms in total. The fourth-order valence-corrected chi connectivity index (χ4v) is 3.90. The van der Waals surface area contributed by atoms with Crippen LogP contribution in [0.1, 0.15) is 45.4 Å². The number of pyridine rings is 1. The standard InChI is InChI=1S/C22H31N3O3/c1-3-25(22(27)24(2)18-8-5-4-6-9-18)14-7-15-28-19-11-12-20-17(16-19)10-13-21(26)23-20/h10-13,16,18H,3-9,14-15H2,1-2H3,(H,23,26). The molecule has 1 aliphatic carbocycles. The first-order chi connectivity index (χ1) is 13.6. The van der Waals surface area contributed by atoms with Gasteiger partial charge in [0, 0.05) is 43.1 Å². The number of aromatic nitrogens is 1. The van der Waals surface area contributed by atoms with Crippen molar-refractivity contribution in [2.75, 3.05) is 26.7 Å². The molecule has 0 aliphatic heterocycles. The highest BCUT2D eigenvalue weighted by Crippen LogP contribution is 2.22.